The highest BCUT2D eigenvalue weighted by molar-refractivity contribution is 5.30. The second-order valence-corrected chi connectivity index (χ2v) is 5.11. The van der Waals surface area contributed by atoms with E-state index >= 15 is 0 Å². The SMILES string of the molecule is CCC(C)N1Cc2ccccc2CC1CNC. The van der Waals surface area contributed by atoms with Gasteiger partial charge in [-0.2, -0.15) is 0 Å². The van der Waals surface area contributed by atoms with E-state index in [2.05, 4.69) is 55.4 Å². The van der Waals surface area contributed by atoms with Gasteiger partial charge in [-0.3, -0.25) is 4.90 Å². The second kappa shape index (κ2) is 5.65. The van der Waals surface area contributed by atoms with Gasteiger partial charge >= 0.3 is 0 Å². The molecule has 2 nitrogen and oxygen atoms in total. The molecule has 0 saturated carbocycles. The first-order valence-electron chi connectivity index (χ1n) is 6.73. The van der Waals surface area contributed by atoms with Crippen LogP contribution in [-0.2, 0) is 13.0 Å². The fourth-order valence-corrected chi connectivity index (χ4v) is 2.78. The Balaban J connectivity index is 2.21. The van der Waals surface area contributed by atoms with Crippen molar-refractivity contribution in [1.82, 2.24) is 10.2 Å². The molecule has 2 heteroatoms. The lowest BCUT2D eigenvalue weighted by molar-refractivity contribution is 0.117. The zero-order valence-electron chi connectivity index (χ0n) is 11.2. The van der Waals surface area contributed by atoms with Crippen molar-refractivity contribution in [2.24, 2.45) is 0 Å². The maximum Gasteiger partial charge on any atom is 0.0267 e. The maximum absolute atomic E-state index is 3.34. The number of nitrogens with one attached hydrogen (secondary N) is 1. The Morgan fingerprint density at radius 2 is 2.06 bits per heavy atom. The van der Waals surface area contributed by atoms with Gasteiger partial charge in [-0.1, -0.05) is 31.2 Å². The molecule has 1 aliphatic rings. The molecule has 0 bridgehead atoms. The van der Waals surface area contributed by atoms with Crippen LogP contribution in [0.2, 0.25) is 0 Å². The van der Waals surface area contributed by atoms with E-state index < -0.39 is 0 Å². The van der Waals surface area contributed by atoms with Crippen molar-refractivity contribution in [3.05, 3.63) is 35.4 Å². The van der Waals surface area contributed by atoms with Crippen LogP contribution in [0.15, 0.2) is 24.3 Å². The van der Waals surface area contributed by atoms with Crippen molar-refractivity contribution < 1.29 is 0 Å². The summed E-state index contributed by atoms with van der Waals surface area (Å²) in [6.45, 7) is 6.81. The highest BCUT2D eigenvalue weighted by atomic mass is 15.2. The Labute approximate surface area is 105 Å². The Bertz CT molecular complexity index is 362. The van der Waals surface area contributed by atoms with E-state index in [9.17, 15) is 0 Å². The summed E-state index contributed by atoms with van der Waals surface area (Å²) in [5.74, 6) is 0. The Kier molecular flexibility index (Phi) is 4.19. The van der Waals surface area contributed by atoms with Crippen molar-refractivity contribution in [2.75, 3.05) is 13.6 Å². The standard InChI is InChI=1S/C15H24N2/c1-4-12(2)17-11-14-8-6-5-7-13(14)9-15(17)10-16-3/h5-8,12,15-16H,4,9-11H2,1-3H3. The molecule has 0 aliphatic carbocycles. The minimum absolute atomic E-state index is 0.643. The largest absolute Gasteiger partial charge is 0.318 e. The molecule has 0 radical (unpaired) electrons. The minimum atomic E-state index is 0.643. The van der Waals surface area contributed by atoms with E-state index in [1.54, 1.807) is 0 Å². The van der Waals surface area contributed by atoms with Gasteiger partial charge in [-0.25, -0.2) is 0 Å². The van der Waals surface area contributed by atoms with Crippen LogP contribution in [0.4, 0.5) is 0 Å². The molecule has 1 N–H and O–H groups in total. The van der Waals surface area contributed by atoms with E-state index in [1.165, 1.54) is 24.0 Å². The molecule has 2 rings (SSSR count). The molecular weight excluding hydrogens is 208 g/mol. The van der Waals surface area contributed by atoms with Crippen molar-refractivity contribution in [1.29, 1.82) is 0 Å². The molecule has 0 saturated heterocycles. The quantitative estimate of drug-likeness (QED) is 0.857. The fourth-order valence-electron chi connectivity index (χ4n) is 2.78. The van der Waals surface area contributed by atoms with Gasteiger partial charge in [-0.15, -0.1) is 0 Å². The zero-order chi connectivity index (χ0) is 12.3. The minimum Gasteiger partial charge on any atom is -0.318 e. The number of nitrogens with zero attached hydrogens (tertiary/aromatic N) is 1. The Morgan fingerprint density at radius 3 is 2.71 bits per heavy atom. The van der Waals surface area contributed by atoms with Gasteiger partial charge in [0.1, 0.15) is 0 Å². The van der Waals surface area contributed by atoms with E-state index in [1.807, 2.05) is 0 Å². The monoisotopic (exact) mass is 232 g/mol. The number of rotatable bonds is 4. The molecule has 0 spiro atoms. The molecule has 17 heavy (non-hydrogen) atoms. The molecule has 0 aromatic heterocycles. The number of fused-ring (bicyclic) bond motifs is 1. The van der Waals surface area contributed by atoms with Crippen molar-refractivity contribution >= 4 is 0 Å². The summed E-state index contributed by atoms with van der Waals surface area (Å²) in [5.41, 5.74) is 3.05. The molecule has 2 atom stereocenters. The molecule has 1 aromatic carbocycles. The van der Waals surface area contributed by atoms with Gasteiger partial charge in [-0.05, 0) is 37.9 Å². The number of likely N-dealkylation sites (N-methyl/N-ethyl adjacent to an activating group) is 1. The number of benzene rings is 1. The lowest BCUT2D eigenvalue weighted by atomic mass is 9.92. The molecule has 94 valence electrons. The summed E-state index contributed by atoms with van der Waals surface area (Å²) in [6.07, 6.45) is 2.41. The third-order valence-corrected chi connectivity index (χ3v) is 3.99. The van der Waals surface area contributed by atoms with Gasteiger partial charge in [0.2, 0.25) is 0 Å². The average Bonchev–Trinajstić information content (AvgIpc) is 2.37. The van der Waals surface area contributed by atoms with Crippen LogP contribution in [0.3, 0.4) is 0 Å². The van der Waals surface area contributed by atoms with Crippen LogP contribution in [0.1, 0.15) is 31.4 Å². The Morgan fingerprint density at radius 1 is 1.35 bits per heavy atom. The van der Waals surface area contributed by atoms with Crippen LogP contribution in [0.5, 0.6) is 0 Å². The molecule has 1 aromatic rings. The number of hydrogen-bond acceptors (Lipinski definition) is 2. The van der Waals surface area contributed by atoms with Gasteiger partial charge in [0.15, 0.2) is 0 Å². The van der Waals surface area contributed by atoms with Gasteiger partial charge < -0.3 is 5.32 Å². The molecule has 0 fully saturated rings. The average molecular weight is 232 g/mol. The molecule has 1 aliphatic heterocycles. The first kappa shape index (κ1) is 12.6. The van der Waals surface area contributed by atoms with Crippen LogP contribution in [0, 0.1) is 0 Å². The van der Waals surface area contributed by atoms with E-state index in [-0.39, 0.29) is 0 Å². The predicted octanol–water partition coefficient (Wildman–Crippen LogP) is 2.43. The summed E-state index contributed by atoms with van der Waals surface area (Å²) in [5, 5.41) is 3.34. The van der Waals surface area contributed by atoms with Crippen LogP contribution < -0.4 is 5.32 Å². The molecule has 2 unspecified atom stereocenters. The second-order valence-electron chi connectivity index (χ2n) is 5.11. The predicted molar refractivity (Wildman–Crippen MR) is 73.2 cm³/mol. The smallest absolute Gasteiger partial charge is 0.0267 e. The highest BCUT2D eigenvalue weighted by Gasteiger charge is 2.27. The first-order valence-corrected chi connectivity index (χ1v) is 6.73. The fraction of sp³-hybridized carbons (Fsp3) is 0.600. The van der Waals surface area contributed by atoms with E-state index in [0.717, 1.165) is 13.1 Å². The van der Waals surface area contributed by atoms with Crippen molar-refractivity contribution in [3.8, 4) is 0 Å². The van der Waals surface area contributed by atoms with Crippen molar-refractivity contribution in [3.63, 3.8) is 0 Å². The van der Waals surface area contributed by atoms with Gasteiger partial charge in [0.05, 0.1) is 0 Å². The van der Waals surface area contributed by atoms with E-state index in [0.29, 0.717) is 12.1 Å². The Hall–Kier alpha value is -0.860. The molecule has 0 amide bonds. The molecular formula is C15H24N2. The normalized spacial score (nSPS) is 22.2. The third kappa shape index (κ3) is 2.70. The summed E-state index contributed by atoms with van der Waals surface area (Å²) < 4.78 is 0. The topological polar surface area (TPSA) is 15.3 Å². The summed E-state index contributed by atoms with van der Waals surface area (Å²) in [7, 11) is 2.05. The van der Waals surface area contributed by atoms with Crippen LogP contribution >= 0.6 is 0 Å². The number of hydrogen-bond donors (Lipinski definition) is 1. The summed E-state index contributed by atoms with van der Waals surface area (Å²) in [6, 6.07) is 10.2. The van der Waals surface area contributed by atoms with Crippen LogP contribution in [0.25, 0.3) is 0 Å². The van der Waals surface area contributed by atoms with Crippen LogP contribution in [-0.4, -0.2) is 30.6 Å². The summed E-state index contributed by atoms with van der Waals surface area (Å²) >= 11 is 0. The van der Waals surface area contributed by atoms with Gasteiger partial charge in [0, 0.05) is 25.2 Å². The first-order chi connectivity index (χ1) is 8.26. The lowest BCUT2D eigenvalue weighted by Crippen LogP contribution is -2.49. The third-order valence-electron chi connectivity index (χ3n) is 3.99. The maximum atomic E-state index is 3.34. The van der Waals surface area contributed by atoms with E-state index in [4.69, 9.17) is 0 Å². The van der Waals surface area contributed by atoms with Gasteiger partial charge in [0.25, 0.3) is 0 Å². The lowest BCUT2D eigenvalue weighted by Gasteiger charge is -2.40. The van der Waals surface area contributed by atoms with Crippen molar-refractivity contribution in [2.45, 2.75) is 45.3 Å². The highest BCUT2D eigenvalue weighted by Crippen LogP contribution is 2.25. The summed E-state index contributed by atoms with van der Waals surface area (Å²) in [4.78, 5) is 2.65. The molecule has 1 heterocycles. The zero-order valence-corrected chi connectivity index (χ0v) is 11.2.